The number of aliphatic hydroxyl groups is 1. The van der Waals surface area contributed by atoms with Crippen molar-refractivity contribution in [3.8, 4) is 5.75 Å². The summed E-state index contributed by atoms with van der Waals surface area (Å²) in [5, 5.41) is 23.5. The van der Waals surface area contributed by atoms with Crippen LogP contribution in [-0.4, -0.2) is 22.9 Å². The number of anilines is 1. The number of phenols is 1. The van der Waals surface area contributed by atoms with Crippen LogP contribution in [0.4, 0.5) is 10.5 Å². The van der Waals surface area contributed by atoms with Crippen LogP contribution in [0.25, 0.3) is 10.8 Å². The maximum atomic E-state index is 12.4. The average Bonchev–Trinajstić information content (AvgIpc) is 2.68. The molecule has 3 rings (SSSR count). The minimum absolute atomic E-state index is 0.00417. The molecule has 0 aliphatic rings. The molecule has 0 saturated heterocycles. The van der Waals surface area contributed by atoms with Gasteiger partial charge in [-0.2, -0.15) is 0 Å². The quantitative estimate of drug-likeness (QED) is 0.491. The van der Waals surface area contributed by atoms with E-state index in [9.17, 15) is 15.0 Å². The number of halogens is 1. The number of aliphatic hydroxyl groups excluding tert-OH is 1. The summed E-state index contributed by atoms with van der Waals surface area (Å²) in [6.45, 7) is 0.00417. The molecule has 0 fully saturated rings. The predicted molar refractivity (Wildman–Crippen MR) is 109 cm³/mol. The van der Waals surface area contributed by atoms with E-state index in [0.717, 1.165) is 15.4 Å². The van der Waals surface area contributed by atoms with Crippen molar-refractivity contribution < 1.29 is 19.7 Å². The molecule has 0 aliphatic carbocycles. The van der Waals surface area contributed by atoms with Gasteiger partial charge in [0.15, 0.2) is 0 Å². The number of ether oxygens (including phenoxy) is 1. The number of fused-ring (bicyclic) bond motifs is 1. The summed E-state index contributed by atoms with van der Waals surface area (Å²) < 4.78 is 6.58. The zero-order valence-electron chi connectivity index (χ0n) is 14.6. The summed E-state index contributed by atoms with van der Waals surface area (Å²) in [7, 11) is 0. The molecular formula is C21H20BrNO4. The first kappa shape index (κ1) is 19.2. The van der Waals surface area contributed by atoms with Crippen molar-refractivity contribution in [2.75, 3.05) is 11.9 Å². The van der Waals surface area contributed by atoms with Gasteiger partial charge < -0.3 is 14.9 Å². The molecule has 1 atom stereocenters. The summed E-state index contributed by atoms with van der Waals surface area (Å²) >= 11 is 3.35. The summed E-state index contributed by atoms with van der Waals surface area (Å²) in [6, 6.07) is 18.0. The summed E-state index contributed by atoms with van der Waals surface area (Å²) in [6.07, 6.45) is -0.153. The van der Waals surface area contributed by atoms with Crippen LogP contribution in [-0.2, 0) is 4.74 Å². The first-order valence-corrected chi connectivity index (χ1v) is 9.42. The molecule has 27 heavy (non-hydrogen) atoms. The van der Waals surface area contributed by atoms with E-state index in [-0.39, 0.29) is 12.4 Å². The SMILES string of the molecule is O=C(Nc1ccc(Br)cc1)O[C@@H](CCCO)c1ccc(O)c2ccccc12. The van der Waals surface area contributed by atoms with E-state index in [2.05, 4.69) is 21.2 Å². The Kier molecular flexibility index (Phi) is 6.32. The molecule has 0 aliphatic heterocycles. The van der Waals surface area contributed by atoms with Gasteiger partial charge in [-0.1, -0.05) is 46.3 Å². The van der Waals surface area contributed by atoms with E-state index in [4.69, 9.17) is 4.74 Å². The van der Waals surface area contributed by atoms with E-state index in [1.165, 1.54) is 0 Å². The Balaban J connectivity index is 1.85. The summed E-state index contributed by atoms with van der Waals surface area (Å²) in [5.41, 5.74) is 1.42. The second kappa shape index (κ2) is 8.88. The van der Waals surface area contributed by atoms with Gasteiger partial charge in [0.25, 0.3) is 0 Å². The number of benzene rings is 3. The van der Waals surface area contributed by atoms with Gasteiger partial charge in [0.2, 0.25) is 0 Å². The maximum Gasteiger partial charge on any atom is 0.412 e. The Morgan fingerprint density at radius 2 is 1.74 bits per heavy atom. The number of hydrogen-bond acceptors (Lipinski definition) is 4. The molecule has 0 unspecified atom stereocenters. The molecule has 3 aromatic rings. The highest BCUT2D eigenvalue weighted by molar-refractivity contribution is 9.10. The van der Waals surface area contributed by atoms with Gasteiger partial charge in [-0.15, -0.1) is 0 Å². The molecule has 0 spiro atoms. The monoisotopic (exact) mass is 429 g/mol. The fraction of sp³-hybridized carbons (Fsp3) is 0.190. The number of carbonyl (C=O) groups is 1. The third-order valence-corrected chi connectivity index (χ3v) is 4.77. The molecule has 0 aromatic heterocycles. The normalized spacial score (nSPS) is 11.9. The molecule has 3 N–H and O–H groups in total. The molecule has 1 amide bonds. The third kappa shape index (κ3) is 4.78. The topological polar surface area (TPSA) is 78.8 Å². The lowest BCUT2D eigenvalue weighted by molar-refractivity contribution is 0.100. The zero-order chi connectivity index (χ0) is 19.2. The summed E-state index contributed by atoms with van der Waals surface area (Å²) in [5.74, 6) is 0.176. The predicted octanol–water partition coefficient (Wildman–Crippen LogP) is 5.37. The van der Waals surface area contributed by atoms with Gasteiger partial charge in [-0.05, 0) is 48.6 Å². The van der Waals surface area contributed by atoms with Crippen LogP contribution in [0.1, 0.15) is 24.5 Å². The molecule has 140 valence electrons. The Morgan fingerprint density at radius 1 is 1.04 bits per heavy atom. The molecular weight excluding hydrogens is 410 g/mol. The minimum Gasteiger partial charge on any atom is -0.507 e. The van der Waals surface area contributed by atoms with Crippen LogP contribution in [0.15, 0.2) is 65.1 Å². The lowest BCUT2D eigenvalue weighted by Gasteiger charge is -2.20. The van der Waals surface area contributed by atoms with Crippen LogP contribution in [0.3, 0.4) is 0 Å². The average molecular weight is 430 g/mol. The van der Waals surface area contributed by atoms with Gasteiger partial charge in [0.1, 0.15) is 11.9 Å². The lowest BCUT2D eigenvalue weighted by Crippen LogP contribution is -2.18. The Hall–Kier alpha value is -2.57. The number of aromatic hydroxyl groups is 1. The van der Waals surface area contributed by atoms with Crippen molar-refractivity contribution in [2.45, 2.75) is 18.9 Å². The van der Waals surface area contributed by atoms with Crippen LogP contribution in [0.5, 0.6) is 5.75 Å². The molecule has 0 radical (unpaired) electrons. The minimum atomic E-state index is -0.572. The summed E-state index contributed by atoms with van der Waals surface area (Å²) in [4.78, 5) is 12.4. The van der Waals surface area contributed by atoms with Crippen LogP contribution < -0.4 is 5.32 Å². The van der Waals surface area contributed by atoms with Crippen molar-refractivity contribution >= 4 is 38.5 Å². The molecule has 0 bridgehead atoms. The van der Waals surface area contributed by atoms with E-state index in [0.29, 0.717) is 23.9 Å². The van der Waals surface area contributed by atoms with E-state index < -0.39 is 12.2 Å². The third-order valence-electron chi connectivity index (χ3n) is 4.25. The highest BCUT2D eigenvalue weighted by Crippen LogP contribution is 2.34. The highest BCUT2D eigenvalue weighted by Gasteiger charge is 2.20. The van der Waals surface area contributed by atoms with Crippen LogP contribution >= 0.6 is 15.9 Å². The van der Waals surface area contributed by atoms with Gasteiger partial charge in [-0.25, -0.2) is 4.79 Å². The lowest BCUT2D eigenvalue weighted by atomic mass is 9.97. The smallest absolute Gasteiger partial charge is 0.412 e. The van der Waals surface area contributed by atoms with Gasteiger partial charge in [-0.3, -0.25) is 5.32 Å². The number of hydrogen-bond donors (Lipinski definition) is 3. The zero-order valence-corrected chi connectivity index (χ0v) is 16.1. The number of rotatable bonds is 6. The maximum absolute atomic E-state index is 12.4. The Bertz CT molecular complexity index is 927. The van der Waals surface area contributed by atoms with Crippen LogP contribution in [0, 0.1) is 0 Å². The molecule has 3 aromatic carbocycles. The number of amides is 1. The second-order valence-corrected chi connectivity index (χ2v) is 7.03. The van der Waals surface area contributed by atoms with E-state index >= 15 is 0 Å². The molecule has 0 saturated carbocycles. The number of nitrogens with one attached hydrogen (secondary N) is 1. The van der Waals surface area contributed by atoms with Gasteiger partial charge in [0, 0.05) is 27.7 Å². The van der Waals surface area contributed by atoms with Crippen molar-refractivity contribution in [2.24, 2.45) is 0 Å². The second-order valence-electron chi connectivity index (χ2n) is 6.11. The van der Waals surface area contributed by atoms with Gasteiger partial charge >= 0.3 is 6.09 Å². The Morgan fingerprint density at radius 3 is 2.44 bits per heavy atom. The largest absolute Gasteiger partial charge is 0.507 e. The standard InChI is InChI=1S/C21H20BrNO4/c22-14-7-9-15(10-8-14)23-21(26)27-20(6-3-13-24)18-11-12-19(25)17-5-2-1-4-16(17)18/h1-2,4-5,7-12,20,24-25H,3,6,13H2,(H,23,26)/t20-/m0/s1. The Labute approximate surface area is 165 Å². The molecule has 6 heteroatoms. The van der Waals surface area contributed by atoms with Crippen molar-refractivity contribution in [1.29, 1.82) is 0 Å². The number of phenolic OH excluding ortho intramolecular Hbond substituents is 1. The molecule has 5 nitrogen and oxygen atoms in total. The van der Waals surface area contributed by atoms with Crippen molar-refractivity contribution in [1.82, 2.24) is 0 Å². The number of carbonyl (C=O) groups excluding carboxylic acids is 1. The van der Waals surface area contributed by atoms with Crippen molar-refractivity contribution in [3.05, 3.63) is 70.7 Å². The van der Waals surface area contributed by atoms with Crippen molar-refractivity contribution in [3.63, 3.8) is 0 Å². The van der Waals surface area contributed by atoms with E-state index in [1.807, 2.05) is 36.4 Å². The van der Waals surface area contributed by atoms with Crippen LogP contribution in [0.2, 0.25) is 0 Å². The first-order chi connectivity index (χ1) is 13.1. The molecule has 0 heterocycles. The fourth-order valence-corrected chi connectivity index (χ4v) is 3.22. The van der Waals surface area contributed by atoms with E-state index in [1.54, 1.807) is 24.3 Å². The van der Waals surface area contributed by atoms with Gasteiger partial charge in [0.05, 0.1) is 0 Å². The first-order valence-electron chi connectivity index (χ1n) is 8.63. The highest BCUT2D eigenvalue weighted by atomic mass is 79.9. The fourth-order valence-electron chi connectivity index (χ4n) is 2.95.